The largest absolute Gasteiger partial charge is 0.397 e. The second-order valence-corrected chi connectivity index (χ2v) is 39.5. The van der Waals surface area contributed by atoms with Crippen LogP contribution in [0.25, 0.3) is 0 Å². The SMILES string of the molecule is O=C(Nc1ccc(S[C@@H]2O[C@H](COS(=O)(=O)O)[C@@H](O[C@H]3O[C@H](COS(=O)(=O)O)[C@@H](OS(=O)(=O)O)[C@H](OS(=O)(=O)O)[C@H]3OS(=O)(=O)O)[C@H](OS(=O)(=O)O)[C@H]2OS(=O)(=O)O)cc1)C(=O)Nc1ccc(S[C@@H]2O[C@H](COS(=O)(=O)O)[C@@H](O[C@H]3O[C@H](COS(=O)(=O)O)[C@@H](OS(=O)(=O)O)[C@H](OS(=O)(=O)O)[C@H]3OS(=O)(=O)O)[C@H](OS(=O)(=O)O)[C@H]2OS(=O)(=O)O)cc1.[Na].[Na].[Na].[Na].[Na].[Na].[Na].[Na].[Na].[Na].[Na].[Na].[Na].[Na]. The summed E-state index contributed by atoms with van der Waals surface area (Å²) >= 11 is 0.0229. The van der Waals surface area contributed by atoms with Crippen LogP contribution in [0.15, 0.2) is 58.3 Å². The molecule has 0 aromatic heterocycles. The molecule has 4 aliphatic rings. The van der Waals surface area contributed by atoms with Crippen LogP contribution < -0.4 is 10.6 Å². The van der Waals surface area contributed by atoms with Crippen LogP contribution in [0.3, 0.4) is 0 Å². The fourth-order valence-electron chi connectivity index (χ4n) is 10.1. The van der Waals surface area contributed by atoms with Crippen molar-refractivity contribution in [2.24, 2.45) is 0 Å². The van der Waals surface area contributed by atoms with E-state index in [1.807, 2.05) is 10.6 Å². The van der Waals surface area contributed by atoms with Crippen molar-refractivity contribution in [2.75, 3.05) is 37.1 Å². The molecule has 0 aliphatic carbocycles. The number of thioether (sulfide) groups is 2. The van der Waals surface area contributed by atoms with E-state index in [-0.39, 0.29) is 437 Å². The van der Waals surface area contributed by atoms with Crippen molar-refractivity contribution in [3.8, 4) is 0 Å². The Hall–Kier alpha value is 10.0. The number of hydrogen-bond acceptors (Lipinski definition) is 52. The van der Waals surface area contributed by atoms with Gasteiger partial charge in [-0.25, -0.2) is 58.6 Å². The monoisotopic (exact) mass is 2390 g/mol. The van der Waals surface area contributed by atoms with Gasteiger partial charge in [-0.3, -0.25) is 73.3 Å². The predicted molar refractivity (Wildman–Crippen MR) is 441 cm³/mol. The predicted octanol–water partition coefficient (Wildman–Crippen LogP) is -14.1. The molecule has 2 amide bonds. The van der Waals surface area contributed by atoms with E-state index in [1.165, 1.54) is 0 Å². The molecule has 2 aromatic carbocycles. The molecule has 0 bridgehead atoms. The van der Waals surface area contributed by atoms with Crippen LogP contribution in [0, 0.1) is 0 Å². The van der Waals surface area contributed by atoms with Gasteiger partial charge in [-0.15, -0.1) is 0 Å². The van der Waals surface area contributed by atoms with Gasteiger partial charge < -0.3 is 39.1 Å². The van der Waals surface area contributed by atoms with Crippen LogP contribution in [-0.2, 0) is 242 Å². The summed E-state index contributed by atoms with van der Waals surface area (Å²) in [5, 5.41) is 4.03. The molecule has 4 saturated heterocycles. The van der Waals surface area contributed by atoms with Crippen LogP contribution in [0.4, 0.5) is 11.4 Å². The molecule has 96 heteroatoms. The van der Waals surface area contributed by atoms with Crippen molar-refractivity contribution in [1.29, 1.82) is 0 Å². The van der Waals surface area contributed by atoms with Gasteiger partial charge in [0.15, 0.2) is 24.8 Å². The van der Waals surface area contributed by atoms with Gasteiger partial charge >= 0.3 is 157 Å². The molecule has 66 nitrogen and oxygen atoms in total. The normalized spacial score (nSPS) is 26.0. The van der Waals surface area contributed by atoms with Crippen LogP contribution in [-0.4, -0.2) is 755 Å². The summed E-state index contributed by atoms with van der Waals surface area (Å²) < 4.78 is 568. The molecule has 14 radical (unpaired) electrons. The summed E-state index contributed by atoms with van der Waals surface area (Å²) in [4.78, 5) is 25.8. The van der Waals surface area contributed by atoms with E-state index in [9.17, 15) is 191 Å². The van der Waals surface area contributed by atoms with Crippen LogP contribution in [0.5, 0.6) is 0 Å². The van der Waals surface area contributed by atoms with Gasteiger partial charge in [0.1, 0.15) is 96.3 Å². The Morgan fingerprint density at radius 3 is 0.604 bits per heavy atom. The number of amides is 2. The molecule has 708 valence electrons. The number of nitrogens with one attached hydrogen (secondary N) is 2. The molecule has 0 unspecified atom stereocenters. The van der Waals surface area contributed by atoms with Gasteiger partial charge in [-0.05, 0) is 48.5 Å². The maximum absolute atomic E-state index is 13.3. The topological polar surface area (TPSA) is 1000 Å². The van der Waals surface area contributed by atoms with Crippen molar-refractivity contribution < 1.29 is 278 Å². The molecule has 0 spiro atoms. The van der Waals surface area contributed by atoms with Crippen molar-refractivity contribution in [1.82, 2.24) is 0 Å². The molecule has 16 N–H and O–H groups in total. The van der Waals surface area contributed by atoms with E-state index in [2.05, 4.69) is 58.6 Å². The number of rotatable bonds is 42. The molecule has 134 heavy (non-hydrogen) atoms. The first-order valence-corrected chi connectivity index (χ1v) is 49.9. The first-order valence-electron chi connectivity index (χ1n) is 29.0. The van der Waals surface area contributed by atoms with Crippen LogP contribution in [0.1, 0.15) is 0 Å². The number of hydrogen-bond donors (Lipinski definition) is 16. The summed E-state index contributed by atoms with van der Waals surface area (Å²) in [6, 6.07) is 6.75. The van der Waals surface area contributed by atoms with E-state index in [0.717, 1.165) is 48.5 Å². The molecule has 0 saturated carbocycles. The van der Waals surface area contributed by atoms with Crippen molar-refractivity contribution in [3.63, 3.8) is 0 Å². The summed E-state index contributed by atoms with van der Waals surface area (Å²) in [6.45, 7) is -7.79. The molecule has 4 fully saturated rings. The fourth-order valence-corrected chi connectivity index (χ4v) is 18.6. The third kappa shape index (κ3) is 62.8. The molecule has 20 atom stereocenters. The maximum Gasteiger partial charge on any atom is 0.397 e. The van der Waals surface area contributed by atoms with Gasteiger partial charge in [-0.1, -0.05) is 23.5 Å². The number of benzene rings is 2. The van der Waals surface area contributed by atoms with Crippen LogP contribution in [0.2, 0.25) is 0 Å². The average Bonchev–Trinajstić information content (AvgIpc) is 0.755. The Balaban J connectivity index is -0.00000159. The molecular weight excluding hydrogens is 2340 g/mol. The quantitative estimate of drug-likeness (QED) is 0.0167. The number of carbonyl (C=O) groups is 2. The minimum Gasteiger partial charge on any atom is -0.356 e. The summed E-state index contributed by atoms with van der Waals surface area (Å²) in [7, 11) is -86.0. The van der Waals surface area contributed by atoms with Gasteiger partial charge in [-0.2, -0.15) is 118 Å². The minimum absolute atomic E-state index is 0. The van der Waals surface area contributed by atoms with Gasteiger partial charge in [0.05, 0.1) is 26.4 Å². The van der Waals surface area contributed by atoms with Crippen LogP contribution >= 0.6 is 23.5 Å². The van der Waals surface area contributed by atoms with Gasteiger partial charge in [0.25, 0.3) is 0 Å². The smallest absolute Gasteiger partial charge is 0.356 e. The van der Waals surface area contributed by atoms with Crippen molar-refractivity contribution in [2.45, 2.75) is 131 Å². The molecule has 4 aliphatic heterocycles. The first kappa shape index (κ1) is 162. The zero-order valence-electron chi connectivity index (χ0n) is 70.2. The summed E-state index contributed by atoms with van der Waals surface area (Å²) in [5.74, 6) is -3.29. The number of carbonyl (C=O) groups excluding carboxylic acids is 2. The Bertz CT molecular complexity index is 5440. The summed E-state index contributed by atoms with van der Waals surface area (Å²) in [6.07, 6.45) is -57.5. The van der Waals surface area contributed by atoms with Gasteiger partial charge in [0.2, 0.25) is 0 Å². The number of anilines is 2. The Morgan fingerprint density at radius 2 is 0.410 bits per heavy atom. The zero-order chi connectivity index (χ0) is 91.5. The second kappa shape index (κ2) is 66.7. The minimum atomic E-state index is -6.33. The third-order valence-electron chi connectivity index (χ3n) is 13.7. The fraction of sp³-hybridized carbons (Fsp3) is 0.632. The second-order valence-electron chi connectivity index (χ2n) is 22.3. The average molecular weight is 2400 g/mol. The molecular formula is C38H52N2Na14O64S16. The molecule has 2 aromatic rings. The van der Waals surface area contributed by atoms with E-state index in [4.69, 9.17) is 28.4 Å². The van der Waals surface area contributed by atoms with E-state index < -0.39 is 326 Å². The Morgan fingerprint density at radius 1 is 0.239 bits per heavy atom. The molecule has 6 rings (SSSR count). The third-order valence-corrected chi connectivity index (χ3v) is 22.4. The standard InChI is InChI=1S/C38H52N2O64S16.14Na/c41-33(39-13-1-5-15(6-2-13)105-37-31(103-119(79,80)81)25(97-113(61,62)63)21(17(91-37)9-85-107(43,44)45)93-35-29(101-117(73,74)75)27(99-115(67,68)69)23(95-111(55,56)57)19(89-35)11-87-109(49,50)51)34(42)40-14-3-7-16(8-4-14)106-38-32(104-120(82,83)84)26(98-114(64,65)66)22(18(92-38)10-86-108(46,47)48)94-36-30(102-118(76,77)78)28(100-116(70,71)72)24(96-112(58,59)60)20(90-36)12-88-110(52,53)54;;;;;;;;;;;;;;/h1-8,17-32,35-38H,9-12H2,(H,39,41)(H,40,42)(H,43,44,45)(H,46,47,48)(H,49,50,51)(H,52,53,54)(H,55,56,57)(H,58,59,60)(H,61,62,63)(H,64,65,66)(H,67,68,69)(H,70,71,72)(H,73,74,75)(H,76,77,78)(H,79,80,81)(H,82,83,84);;;;;;;;;;;;;;/t17-,18-,19-,20-,21-,22-,23-,24-,25+,26+,27+,28+,29-,30-,31-,32-,35-,36-,37+,38+;;;;;;;;;;;;;;/m1............../s1. The number of ether oxygens (including phenoxy) is 6. The van der Waals surface area contributed by atoms with Gasteiger partial charge in [0, 0.05) is 435 Å². The Labute approximate surface area is 1080 Å². The molecule has 4 heterocycles. The van der Waals surface area contributed by atoms with E-state index in [0.29, 0.717) is 0 Å². The van der Waals surface area contributed by atoms with Crippen molar-refractivity contribution in [3.05, 3.63) is 48.5 Å². The van der Waals surface area contributed by atoms with Crippen molar-refractivity contribution >= 4 is 606 Å². The Kier molecular flexibility index (Phi) is 80.4. The van der Waals surface area contributed by atoms with E-state index in [1.54, 1.807) is 0 Å². The summed E-state index contributed by atoms with van der Waals surface area (Å²) in [5.41, 5.74) is -5.94. The first-order chi connectivity index (χ1) is 53.9. The van der Waals surface area contributed by atoms with E-state index >= 15 is 0 Å². The zero-order valence-corrected chi connectivity index (χ0v) is 111. The maximum atomic E-state index is 13.3.